The molecular formula is C18H30IN5O. The van der Waals surface area contributed by atoms with E-state index < -0.39 is 0 Å². The highest BCUT2D eigenvalue weighted by atomic mass is 127. The predicted octanol–water partition coefficient (Wildman–Crippen LogP) is 2.53. The maximum atomic E-state index is 5.89. The standard InChI is InChI=1S/C18H29N5O.HI/c1-4-23(5-2)17-9-6-13(11-20-17)12-21-18(19-3)22-15-10-14-7-8-16(15)24-14;/h6,9,11,14-16H,4-5,7-8,10,12H2,1-3H3,(H2,19,21,22);1H. The molecule has 2 aliphatic heterocycles. The lowest BCUT2D eigenvalue weighted by atomic mass is 9.96. The lowest BCUT2D eigenvalue weighted by Gasteiger charge is -2.23. The largest absolute Gasteiger partial charge is 0.373 e. The highest BCUT2D eigenvalue weighted by Crippen LogP contribution is 2.34. The van der Waals surface area contributed by atoms with E-state index in [0.29, 0.717) is 24.8 Å². The molecule has 1 aromatic heterocycles. The van der Waals surface area contributed by atoms with Crippen molar-refractivity contribution in [2.24, 2.45) is 4.99 Å². The zero-order valence-corrected chi connectivity index (χ0v) is 17.7. The van der Waals surface area contributed by atoms with Gasteiger partial charge < -0.3 is 20.3 Å². The SMILES string of the molecule is CCN(CC)c1ccc(CNC(=NC)NC2CC3CCC2O3)cn1.I. The molecule has 2 bridgehead atoms. The molecule has 0 aliphatic carbocycles. The molecule has 3 atom stereocenters. The second kappa shape index (κ2) is 9.56. The fourth-order valence-electron chi connectivity index (χ4n) is 3.60. The van der Waals surface area contributed by atoms with Gasteiger partial charge in [0.2, 0.25) is 0 Å². The summed E-state index contributed by atoms with van der Waals surface area (Å²) in [4.78, 5) is 11.1. The molecule has 2 fully saturated rings. The Morgan fingerprint density at radius 2 is 2.12 bits per heavy atom. The van der Waals surface area contributed by atoms with Crippen LogP contribution in [0.4, 0.5) is 5.82 Å². The van der Waals surface area contributed by atoms with Crippen LogP contribution in [0.15, 0.2) is 23.3 Å². The van der Waals surface area contributed by atoms with Crippen molar-refractivity contribution in [1.82, 2.24) is 15.6 Å². The highest BCUT2D eigenvalue weighted by Gasteiger charge is 2.41. The van der Waals surface area contributed by atoms with Crippen molar-refractivity contribution in [3.8, 4) is 0 Å². The van der Waals surface area contributed by atoms with Gasteiger partial charge in [0, 0.05) is 32.9 Å². The molecular weight excluding hydrogens is 429 g/mol. The van der Waals surface area contributed by atoms with E-state index in [1.165, 1.54) is 6.42 Å². The van der Waals surface area contributed by atoms with Crippen molar-refractivity contribution in [3.63, 3.8) is 0 Å². The number of aliphatic imine (C=N–C) groups is 1. The Hall–Kier alpha value is -1.09. The number of anilines is 1. The molecule has 140 valence electrons. The lowest BCUT2D eigenvalue weighted by molar-refractivity contribution is 0.0992. The van der Waals surface area contributed by atoms with Gasteiger partial charge in [-0.05, 0) is 44.7 Å². The number of nitrogens with zero attached hydrogens (tertiary/aromatic N) is 3. The summed E-state index contributed by atoms with van der Waals surface area (Å²) in [6, 6.07) is 4.60. The fraction of sp³-hybridized carbons (Fsp3) is 0.667. The fourth-order valence-corrected chi connectivity index (χ4v) is 3.60. The molecule has 2 aliphatic rings. The topological polar surface area (TPSA) is 61.8 Å². The molecule has 0 spiro atoms. The average molecular weight is 459 g/mol. The minimum atomic E-state index is 0. The minimum Gasteiger partial charge on any atom is -0.373 e. The smallest absolute Gasteiger partial charge is 0.191 e. The van der Waals surface area contributed by atoms with E-state index in [9.17, 15) is 0 Å². The number of guanidine groups is 1. The monoisotopic (exact) mass is 459 g/mol. The number of hydrogen-bond donors (Lipinski definition) is 2. The van der Waals surface area contributed by atoms with Gasteiger partial charge in [-0.1, -0.05) is 6.07 Å². The van der Waals surface area contributed by atoms with Crippen LogP contribution in [0.3, 0.4) is 0 Å². The Bertz CT molecular complexity index is 561. The molecule has 25 heavy (non-hydrogen) atoms. The van der Waals surface area contributed by atoms with Crippen LogP contribution in [0.1, 0.15) is 38.7 Å². The van der Waals surface area contributed by atoms with E-state index in [1.54, 1.807) is 0 Å². The number of ether oxygens (including phenoxy) is 1. The summed E-state index contributed by atoms with van der Waals surface area (Å²) in [5.41, 5.74) is 1.15. The van der Waals surface area contributed by atoms with Crippen LogP contribution in [0.2, 0.25) is 0 Å². The summed E-state index contributed by atoms with van der Waals surface area (Å²) in [5, 5.41) is 6.88. The van der Waals surface area contributed by atoms with Gasteiger partial charge in [-0.25, -0.2) is 4.98 Å². The van der Waals surface area contributed by atoms with Crippen molar-refractivity contribution < 1.29 is 4.74 Å². The predicted molar refractivity (Wildman–Crippen MR) is 113 cm³/mol. The average Bonchev–Trinajstić information content (AvgIpc) is 3.23. The normalized spacial score (nSPS) is 24.8. The van der Waals surface area contributed by atoms with Crippen molar-refractivity contribution in [2.45, 2.75) is 57.9 Å². The Morgan fingerprint density at radius 1 is 1.32 bits per heavy atom. The molecule has 1 aromatic rings. The Labute approximate surface area is 167 Å². The first-order valence-electron chi connectivity index (χ1n) is 9.06. The summed E-state index contributed by atoms with van der Waals surface area (Å²) in [6.07, 6.45) is 6.20. The molecule has 7 heteroatoms. The van der Waals surface area contributed by atoms with Crippen molar-refractivity contribution in [3.05, 3.63) is 23.9 Å². The third-order valence-electron chi connectivity index (χ3n) is 5.01. The van der Waals surface area contributed by atoms with Crippen LogP contribution in [0, 0.1) is 0 Å². The zero-order chi connectivity index (χ0) is 16.9. The lowest BCUT2D eigenvalue weighted by Crippen LogP contribution is -2.47. The maximum absolute atomic E-state index is 5.89. The maximum Gasteiger partial charge on any atom is 0.191 e. The van der Waals surface area contributed by atoms with Crippen LogP contribution in [0.25, 0.3) is 0 Å². The van der Waals surface area contributed by atoms with Crippen molar-refractivity contribution >= 4 is 35.8 Å². The molecule has 0 radical (unpaired) electrons. The minimum absolute atomic E-state index is 0. The number of hydrogen-bond acceptors (Lipinski definition) is 4. The number of rotatable bonds is 6. The Morgan fingerprint density at radius 3 is 2.64 bits per heavy atom. The first kappa shape index (κ1) is 20.2. The van der Waals surface area contributed by atoms with Crippen LogP contribution < -0.4 is 15.5 Å². The van der Waals surface area contributed by atoms with E-state index in [4.69, 9.17) is 4.74 Å². The molecule has 0 aromatic carbocycles. The van der Waals surface area contributed by atoms with E-state index in [-0.39, 0.29) is 24.0 Å². The zero-order valence-electron chi connectivity index (χ0n) is 15.4. The summed E-state index contributed by atoms with van der Waals surface area (Å²) in [5.74, 6) is 1.87. The highest BCUT2D eigenvalue weighted by molar-refractivity contribution is 14.0. The summed E-state index contributed by atoms with van der Waals surface area (Å²) in [7, 11) is 1.81. The Balaban J connectivity index is 0.00000225. The van der Waals surface area contributed by atoms with Gasteiger partial charge in [0.25, 0.3) is 0 Å². The van der Waals surface area contributed by atoms with Gasteiger partial charge in [-0.15, -0.1) is 24.0 Å². The van der Waals surface area contributed by atoms with Crippen molar-refractivity contribution in [1.29, 1.82) is 0 Å². The van der Waals surface area contributed by atoms with Crippen LogP contribution >= 0.6 is 24.0 Å². The molecule has 6 nitrogen and oxygen atoms in total. The molecule has 0 amide bonds. The number of nitrogens with one attached hydrogen (secondary N) is 2. The molecule has 3 heterocycles. The second-order valence-electron chi connectivity index (χ2n) is 6.48. The van der Waals surface area contributed by atoms with Gasteiger partial charge in [-0.3, -0.25) is 4.99 Å². The molecule has 3 rings (SSSR count). The van der Waals surface area contributed by atoms with E-state index in [2.05, 4.69) is 51.5 Å². The molecule has 3 unspecified atom stereocenters. The third-order valence-corrected chi connectivity index (χ3v) is 5.01. The van der Waals surface area contributed by atoms with Crippen LogP contribution in [0.5, 0.6) is 0 Å². The second-order valence-corrected chi connectivity index (χ2v) is 6.48. The van der Waals surface area contributed by atoms with E-state index >= 15 is 0 Å². The number of halogens is 1. The van der Waals surface area contributed by atoms with Gasteiger partial charge >= 0.3 is 0 Å². The van der Waals surface area contributed by atoms with Gasteiger partial charge in [0.1, 0.15) is 5.82 Å². The van der Waals surface area contributed by atoms with Crippen LogP contribution in [-0.2, 0) is 11.3 Å². The van der Waals surface area contributed by atoms with Gasteiger partial charge in [0.05, 0.1) is 18.2 Å². The first-order chi connectivity index (χ1) is 11.7. The number of aromatic nitrogens is 1. The van der Waals surface area contributed by atoms with E-state index in [1.807, 2.05) is 13.2 Å². The molecule has 2 N–H and O–H groups in total. The third kappa shape index (κ3) is 4.97. The quantitative estimate of drug-likeness (QED) is 0.389. The Kier molecular flexibility index (Phi) is 7.74. The summed E-state index contributed by atoms with van der Waals surface area (Å²) >= 11 is 0. The number of pyridine rings is 1. The van der Waals surface area contributed by atoms with Gasteiger partial charge in [-0.2, -0.15) is 0 Å². The summed E-state index contributed by atoms with van der Waals surface area (Å²) in [6.45, 7) is 6.96. The van der Waals surface area contributed by atoms with Gasteiger partial charge in [0.15, 0.2) is 5.96 Å². The van der Waals surface area contributed by atoms with Crippen LogP contribution in [-0.4, -0.2) is 49.3 Å². The first-order valence-corrected chi connectivity index (χ1v) is 9.06. The molecule has 2 saturated heterocycles. The van der Waals surface area contributed by atoms with E-state index in [0.717, 1.165) is 43.3 Å². The number of fused-ring (bicyclic) bond motifs is 2. The summed E-state index contributed by atoms with van der Waals surface area (Å²) < 4.78 is 5.89. The molecule has 0 saturated carbocycles. The van der Waals surface area contributed by atoms with Crippen molar-refractivity contribution in [2.75, 3.05) is 25.0 Å².